The van der Waals surface area contributed by atoms with Gasteiger partial charge in [0.15, 0.2) is 0 Å². The van der Waals surface area contributed by atoms with Crippen LogP contribution < -0.4 is 9.80 Å². The van der Waals surface area contributed by atoms with Gasteiger partial charge in [0.2, 0.25) is 0 Å². The van der Waals surface area contributed by atoms with Crippen molar-refractivity contribution in [1.82, 2.24) is 15.0 Å². The first-order valence-corrected chi connectivity index (χ1v) is 18.1. The molecule has 0 aliphatic heterocycles. The smallest absolute Gasteiger partial charge is 0.121 e. The summed E-state index contributed by atoms with van der Waals surface area (Å²) >= 11 is 0. The molecule has 53 heavy (non-hydrogen) atoms. The van der Waals surface area contributed by atoms with Crippen molar-refractivity contribution in [3.8, 4) is 5.69 Å². The Balaban J connectivity index is 1.16. The highest BCUT2D eigenvalue weighted by Crippen LogP contribution is 2.42. The molecule has 0 bridgehead atoms. The second-order valence-corrected chi connectivity index (χ2v) is 13.9. The molecule has 256 valence electrons. The number of fused-ring (bicyclic) bond motifs is 4. The average Bonchev–Trinajstić information content (AvgIpc) is 3.63. The van der Waals surface area contributed by atoms with E-state index in [-0.39, 0.29) is 0 Å². The second kappa shape index (κ2) is 13.1. The number of aromatic nitrogens is 3. The first-order valence-electron chi connectivity index (χ1n) is 18.1. The number of hydrogen-bond acceptors (Lipinski definition) is 4. The number of rotatable bonds is 7. The fourth-order valence-electron chi connectivity index (χ4n) is 7.33. The molecule has 0 atom stereocenters. The van der Waals surface area contributed by atoms with E-state index in [4.69, 9.17) is 10.2 Å². The van der Waals surface area contributed by atoms with Crippen molar-refractivity contribution in [3.05, 3.63) is 186 Å². The van der Waals surface area contributed by atoms with E-state index >= 15 is 0 Å². The zero-order valence-electron chi connectivity index (χ0n) is 30.3. The van der Waals surface area contributed by atoms with E-state index in [2.05, 4.69) is 201 Å². The maximum absolute atomic E-state index is 5.11. The van der Waals surface area contributed by atoms with E-state index < -0.39 is 0 Å². The summed E-state index contributed by atoms with van der Waals surface area (Å²) in [7, 11) is 0. The van der Waals surface area contributed by atoms with Gasteiger partial charge >= 0.3 is 0 Å². The molecule has 5 heteroatoms. The van der Waals surface area contributed by atoms with Crippen molar-refractivity contribution in [3.63, 3.8) is 0 Å². The lowest BCUT2D eigenvalue weighted by Crippen LogP contribution is -2.11. The third-order valence-corrected chi connectivity index (χ3v) is 10.2. The van der Waals surface area contributed by atoms with Crippen LogP contribution in [0.4, 0.5) is 34.1 Å². The third-order valence-electron chi connectivity index (χ3n) is 10.2. The first kappa shape index (κ1) is 32.2. The minimum Gasteiger partial charge on any atom is -0.310 e. The Labute approximate surface area is 310 Å². The van der Waals surface area contributed by atoms with Crippen LogP contribution in [0.25, 0.3) is 38.3 Å². The maximum Gasteiger partial charge on any atom is 0.121 e. The molecule has 0 amide bonds. The summed E-state index contributed by atoms with van der Waals surface area (Å²) in [4.78, 5) is 6.43. The summed E-state index contributed by atoms with van der Waals surface area (Å²) in [6, 6.07) is 58.5. The molecule has 0 aliphatic carbocycles. The molecular formula is C48H39N5. The van der Waals surface area contributed by atoms with Crippen molar-refractivity contribution < 1.29 is 0 Å². The molecule has 0 N–H and O–H groups in total. The Morgan fingerprint density at radius 2 is 0.830 bits per heavy atom. The number of aryl methyl sites for hydroxylation is 4. The SMILES string of the molecule is Cc1ccc(N(c2ccc(-n3nc4cc(N(c5ccc(C)cc5)c5ccc(C)cc5)c5ccccc5c4n3)cc2)c2ccc(C)c3ccccc23)cc1. The Hall–Kier alpha value is -6.72. The Bertz CT molecular complexity index is 2700. The molecule has 0 unspecified atom stereocenters. The molecule has 0 radical (unpaired) electrons. The number of hydrogen-bond donors (Lipinski definition) is 0. The van der Waals surface area contributed by atoms with Crippen molar-refractivity contribution >= 4 is 66.7 Å². The van der Waals surface area contributed by atoms with Gasteiger partial charge in [-0.2, -0.15) is 4.80 Å². The molecular weight excluding hydrogens is 647 g/mol. The van der Waals surface area contributed by atoms with Gasteiger partial charge in [-0.3, -0.25) is 0 Å². The van der Waals surface area contributed by atoms with Crippen molar-refractivity contribution in [1.29, 1.82) is 0 Å². The third kappa shape index (κ3) is 5.86. The topological polar surface area (TPSA) is 37.2 Å². The highest BCUT2D eigenvalue weighted by atomic mass is 15.5. The zero-order valence-corrected chi connectivity index (χ0v) is 30.3. The van der Waals surface area contributed by atoms with Crippen LogP contribution in [-0.4, -0.2) is 15.0 Å². The summed E-state index contributed by atoms with van der Waals surface area (Å²) in [5.74, 6) is 0. The molecule has 1 heterocycles. The summed E-state index contributed by atoms with van der Waals surface area (Å²) in [5.41, 5.74) is 14.1. The van der Waals surface area contributed by atoms with Gasteiger partial charge in [-0.25, -0.2) is 0 Å². The molecule has 0 saturated carbocycles. The average molecular weight is 686 g/mol. The minimum atomic E-state index is 0.833. The Morgan fingerprint density at radius 1 is 0.396 bits per heavy atom. The number of nitrogens with zero attached hydrogens (tertiary/aromatic N) is 5. The monoisotopic (exact) mass is 685 g/mol. The Kier molecular flexibility index (Phi) is 7.97. The molecule has 0 saturated heterocycles. The molecule has 0 fully saturated rings. The van der Waals surface area contributed by atoms with Gasteiger partial charge < -0.3 is 9.80 Å². The van der Waals surface area contributed by atoms with Gasteiger partial charge in [-0.05, 0) is 111 Å². The van der Waals surface area contributed by atoms with E-state index in [0.29, 0.717) is 0 Å². The normalized spacial score (nSPS) is 11.4. The van der Waals surface area contributed by atoms with Crippen LogP contribution >= 0.6 is 0 Å². The quantitative estimate of drug-likeness (QED) is 0.167. The highest BCUT2D eigenvalue weighted by Gasteiger charge is 2.21. The molecule has 0 aliphatic rings. The molecule has 9 aromatic rings. The lowest BCUT2D eigenvalue weighted by atomic mass is 10.0. The van der Waals surface area contributed by atoms with Crippen molar-refractivity contribution in [2.24, 2.45) is 0 Å². The van der Waals surface area contributed by atoms with Gasteiger partial charge in [0.1, 0.15) is 11.0 Å². The van der Waals surface area contributed by atoms with E-state index in [0.717, 1.165) is 61.6 Å². The van der Waals surface area contributed by atoms with E-state index in [1.54, 1.807) is 4.80 Å². The van der Waals surface area contributed by atoms with Gasteiger partial charge in [-0.15, -0.1) is 10.2 Å². The zero-order chi connectivity index (χ0) is 36.1. The highest BCUT2D eigenvalue weighted by molar-refractivity contribution is 6.12. The lowest BCUT2D eigenvalue weighted by molar-refractivity contribution is 0.766. The van der Waals surface area contributed by atoms with Crippen LogP contribution in [0.1, 0.15) is 22.3 Å². The lowest BCUT2D eigenvalue weighted by Gasteiger charge is -2.27. The molecule has 5 nitrogen and oxygen atoms in total. The standard InChI is InChI=1S/C48H39N5/c1-32-13-20-36(21-14-32)51(46-30-19-35(4)41-9-5-6-10-42(41)46)39-26-28-40(29-27-39)53-49-45-31-47(43-11-7-8-12-44(43)48(45)50-53)52(37-22-15-33(2)16-23-37)38-24-17-34(3)18-25-38/h5-31H,1-4H3. The summed E-state index contributed by atoms with van der Waals surface area (Å²) in [5, 5.41) is 14.8. The van der Waals surface area contributed by atoms with Crippen molar-refractivity contribution in [2.45, 2.75) is 27.7 Å². The van der Waals surface area contributed by atoms with Gasteiger partial charge in [-0.1, -0.05) is 108 Å². The first-order chi connectivity index (χ1) is 25.9. The van der Waals surface area contributed by atoms with E-state index in [1.807, 2.05) is 0 Å². The van der Waals surface area contributed by atoms with E-state index in [1.165, 1.54) is 33.0 Å². The fraction of sp³-hybridized carbons (Fsp3) is 0.0833. The number of benzene rings is 8. The van der Waals surface area contributed by atoms with Crippen molar-refractivity contribution in [2.75, 3.05) is 9.80 Å². The molecule has 8 aromatic carbocycles. The summed E-state index contributed by atoms with van der Waals surface area (Å²) in [6.07, 6.45) is 0. The van der Waals surface area contributed by atoms with Gasteiger partial charge in [0.05, 0.1) is 17.1 Å². The largest absolute Gasteiger partial charge is 0.310 e. The van der Waals surface area contributed by atoms with Crippen LogP contribution in [-0.2, 0) is 0 Å². The van der Waals surface area contributed by atoms with Crippen LogP contribution in [0.2, 0.25) is 0 Å². The molecule has 9 rings (SSSR count). The van der Waals surface area contributed by atoms with Crippen LogP contribution in [0, 0.1) is 27.7 Å². The minimum absolute atomic E-state index is 0.833. The summed E-state index contributed by atoms with van der Waals surface area (Å²) in [6.45, 7) is 8.54. The number of anilines is 6. The van der Waals surface area contributed by atoms with Gasteiger partial charge in [0.25, 0.3) is 0 Å². The molecule has 1 aromatic heterocycles. The predicted octanol–water partition coefficient (Wildman–Crippen LogP) is 12.9. The van der Waals surface area contributed by atoms with Crippen LogP contribution in [0.5, 0.6) is 0 Å². The predicted molar refractivity (Wildman–Crippen MR) is 222 cm³/mol. The summed E-state index contributed by atoms with van der Waals surface area (Å²) < 4.78 is 0. The maximum atomic E-state index is 5.11. The second-order valence-electron chi connectivity index (χ2n) is 13.9. The van der Waals surface area contributed by atoms with Crippen LogP contribution in [0.15, 0.2) is 164 Å². The Morgan fingerprint density at radius 3 is 1.36 bits per heavy atom. The fourth-order valence-corrected chi connectivity index (χ4v) is 7.33. The van der Waals surface area contributed by atoms with E-state index in [9.17, 15) is 0 Å². The molecule has 0 spiro atoms. The van der Waals surface area contributed by atoms with Crippen LogP contribution in [0.3, 0.4) is 0 Å². The van der Waals surface area contributed by atoms with Gasteiger partial charge in [0, 0.05) is 38.9 Å².